The summed E-state index contributed by atoms with van der Waals surface area (Å²) in [6.07, 6.45) is 4.20. The monoisotopic (exact) mass is 521 g/mol. The smallest absolute Gasteiger partial charge is 0.164 e. The second-order valence-electron chi connectivity index (χ2n) is 10.2. The number of nitrogens with zero attached hydrogens (tertiary/aromatic N) is 3. The third-order valence-corrected chi connectivity index (χ3v) is 7.72. The number of rotatable bonds is 4. The lowest BCUT2D eigenvalue weighted by Crippen LogP contribution is -2.00. The van der Waals surface area contributed by atoms with Gasteiger partial charge in [0.15, 0.2) is 17.5 Å². The molecule has 0 radical (unpaired) electrons. The average Bonchev–Trinajstić information content (AvgIpc) is 3.56. The van der Waals surface area contributed by atoms with Gasteiger partial charge in [-0.3, -0.25) is 0 Å². The number of hydrogen-bond donors (Lipinski definition) is 0. The van der Waals surface area contributed by atoms with E-state index in [0.717, 1.165) is 27.8 Å². The average molecular weight is 522 g/mol. The quantitative estimate of drug-likeness (QED) is 0.171. The Kier molecular flexibility index (Phi) is 5.41. The van der Waals surface area contributed by atoms with E-state index in [1.165, 1.54) is 32.7 Å². The molecule has 1 aliphatic carbocycles. The Balaban J connectivity index is 1.28. The van der Waals surface area contributed by atoms with E-state index >= 15 is 0 Å². The SMILES string of the molecule is C1=Cc2c(c3cc(-c4cccc(-c5nc(-c6ccccc6)nc(-c6ccccc6)n5)c4)ccc3c3ccccc23)C=1. The van der Waals surface area contributed by atoms with E-state index in [1.807, 2.05) is 60.7 Å². The number of fused-ring (bicyclic) bond motifs is 6. The van der Waals surface area contributed by atoms with Crippen molar-refractivity contribution in [1.29, 1.82) is 0 Å². The van der Waals surface area contributed by atoms with Gasteiger partial charge < -0.3 is 0 Å². The lowest BCUT2D eigenvalue weighted by atomic mass is 9.91. The fourth-order valence-corrected chi connectivity index (χ4v) is 5.72. The molecule has 3 heteroatoms. The molecule has 0 fully saturated rings. The van der Waals surface area contributed by atoms with Crippen LogP contribution in [0.1, 0.15) is 11.1 Å². The van der Waals surface area contributed by atoms with Crippen molar-refractivity contribution >= 4 is 33.7 Å². The molecule has 0 atom stereocenters. The van der Waals surface area contributed by atoms with Crippen molar-refractivity contribution in [3.63, 3.8) is 0 Å². The lowest BCUT2D eigenvalue weighted by molar-refractivity contribution is 1.07. The highest BCUT2D eigenvalue weighted by Crippen LogP contribution is 2.38. The summed E-state index contributed by atoms with van der Waals surface area (Å²) in [5, 5.41) is 5.03. The Morgan fingerprint density at radius 1 is 0.341 bits per heavy atom. The first kappa shape index (κ1) is 23.3. The van der Waals surface area contributed by atoms with Gasteiger partial charge in [0, 0.05) is 16.7 Å². The minimum absolute atomic E-state index is 0.652. The van der Waals surface area contributed by atoms with Crippen LogP contribution >= 0.6 is 0 Å². The van der Waals surface area contributed by atoms with Gasteiger partial charge in [-0.2, -0.15) is 0 Å². The summed E-state index contributed by atoms with van der Waals surface area (Å²) in [5.74, 6) is 1.97. The molecule has 3 nitrogen and oxygen atoms in total. The Labute approximate surface area is 237 Å². The van der Waals surface area contributed by atoms with Gasteiger partial charge in [0.25, 0.3) is 0 Å². The van der Waals surface area contributed by atoms with Gasteiger partial charge in [0.2, 0.25) is 0 Å². The molecule has 41 heavy (non-hydrogen) atoms. The Morgan fingerprint density at radius 2 is 0.829 bits per heavy atom. The van der Waals surface area contributed by atoms with Gasteiger partial charge >= 0.3 is 0 Å². The second-order valence-corrected chi connectivity index (χ2v) is 10.2. The van der Waals surface area contributed by atoms with E-state index in [9.17, 15) is 0 Å². The van der Waals surface area contributed by atoms with Crippen molar-refractivity contribution in [3.05, 3.63) is 144 Å². The summed E-state index contributed by atoms with van der Waals surface area (Å²) >= 11 is 0. The standard InChI is InChI=1S/C38H23N3/c1-3-11-25(12-4-1)36-39-37(26-13-5-2-6-14-26)41-38(40-36)29-16-9-15-27(23-29)28-21-22-34-31-18-8-7-17-30(31)32-19-10-20-33(32)35(34)24-28/h1-9,11-24H. The van der Waals surface area contributed by atoms with E-state index in [0.29, 0.717) is 17.5 Å². The van der Waals surface area contributed by atoms with Crippen molar-refractivity contribution in [2.45, 2.75) is 0 Å². The molecule has 1 aromatic heterocycles. The van der Waals surface area contributed by atoms with E-state index in [1.54, 1.807) is 0 Å². The molecule has 0 N–H and O–H groups in total. The zero-order valence-electron chi connectivity index (χ0n) is 22.1. The Morgan fingerprint density at radius 3 is 1.51 bits per heavy atom. The molecule has 190 valence electrons. The van der Waals surface area contributed by atoms with E-state index < -0.39 is 0 Å². The minimum Gasteiger partial charge on any atom is -0.208 e. The van der Waals surface area contributed by atoms with Crippen LogP contribution in [0.25, 0.3) is 79.0 Å². The summed E-state index contributed by atoms with van der Waals surface area (Å²) in [4.78, 5) is 14.7. The van der Waals surface area contributed by atoms with Crippen molar-refractivity contribution in [3.8, 4) is 45.3 Å². The predicted octanol–water partition coefficient (Wildman–Crippen LogP) is 9.48. The Hall–Kier alpha value is -5.63. The van der Waals surface area contributed by atoms with Crippen LogP contribution in [0.15, 0.2) is 133 Å². The van der Waals surface area contributed by atoms with Gasteiger partial charge in [-0.15, -0.1) is 5.73 Å². The fourth-order valence-electron chi connectivity index (χ4n) is 5.72. The van der Waals surface area contributed by atoms with Crippen molar-refractivity contribution in [2.24, 2.45) is 0 Å². The zero-order valence-corrected chi connectivity index (χ0v) is 22.1. The van der Waals surface area contributed by atoms with Gasteiger partial charge in [0.1, 0.15) is 0 Å². The maximum atomic E-state index is 4.93. The van der Waals surface area contributed by atoms with Gasteiger partial charge in [0.05, 0.1) is 0 Å². The Bertz CT molecular complexity index is 2120. The molecule has 0 aliphatic heterocycles. The molecular formula is C38H23N3. The lowest BCUT2D eigenvalue weighted by Gasteiger charge is -2.13. The number of aromatic nitrogens is 3. The van der Waals surface area contributed by atoms with Crippen molar-refractivity contribution in [1.82, 2.24) is 15.0 Å². The highest BCUT2D eigenvalue weighted by Gasteiger charge is 2.16. The maximum Gasteiger partial charge on any atom is 0.164 e. The zero-order chi connectivity index (χ0) is 27.2. The molecular weight excluding hydrogens is 498 g/mol. The van der Waals surface area contributed by atoms with Crippen molar-refractivity contribution in [2.75, 3.05) is 0 Å². The van der Waals surface area contributed by atoms with Gasteiger partial charge in [-0.1, -0.05) is 115 Å². The maximum absolute atomic E-state index is 4.93. The van der Waals surface area contributed by atoms with Crippen molar-refractivity contribution < 1.29 is 0 Å². The highest BCUT2D eigenvalue weighted by atomic mass is 15.0. The summed E-state index contributed by atoms with van der Waals surface area (Å²) in [5.41, 5.74) is 10.9. The van der Waals surface area contributed by atoms with Crippen LogP contribution in [0, 0.1) is 0 Å². The third-order valence-electron chi connectivity index (χ3n) is 7.72. The molecule has 6 aromatic carbocycles. The molecule has 1 heterocycles. The second kappa shape index (κ2) is 9.53. The summed E-state index contributed by atoms with van der Waals surface area (Å²) in [6, 6.07) is 44.0. The highest BCUT2D eigenvalue weighted by molar-refractivity contribution is 6.16. The van der Waals surface area contributed by atoms with Crippen LogP contribution < -0.4 is 0 Å². The van der Waals surface area contributed by atoms with Crippen LogP contribution in [0.3, 0.4) is 0 Å². The van der Waals surface area contributed by atoms with E-state index in [4.69, 9.17) is 15.0 Å². The number of hydrogen-bond acceptors (Lipinski definition) is 3. The van der Waals surface area contributed by atoms with E-state index in [-0.39, 0.29) is 0 Å². The third kappa shape index (κ3) is 4.04. The molecule has 0 amide bonds. The summed E-state index contributed by atoms with van der Waals surface area (Å²) in [6.45, 7) is 0. The molecule has 0 saturated carbocycles. The summed E-state index contributed by atoms with van der Waals surface area (Å²) in [7, 11) is 0. The first-order valence-electron chi connectivity index (χ1n) is 13.7. The van der Waals surface area contributed by atoms with E-state index in [2.05, 4.69) is 84.6 Å². The van der Waals surface area contributed by atoms with Crippen LogP contribution in [-0.2, 0) is 0 Å². The normalized spacial score (nSPS) is 11.8. The molecule has 0 spiro atoms. The first-order valence-corrected chi connectivity index (χ1v) is 13.7. The molecule has 0 unspecified atom stereocenters. The van der Waals surface area contributed by atoms with Crippen LogP contribution in [0.5, 0.6) is 0 Å². The minimum atomic E-state index is 0.652. The molecule has 8 rings (SSSR count). The van der Waals surface area contributed by atoms with Gasteiger partial charge in [-0.25, -0.2) is 15.0 Å². The molecule has 7 aromatic rings. The van der Waals surface area contributed by atoms with Crippen LogP contribution in [0.4, 0.5) is 0 Å². The van der Waals surface area contributed by atoms with Crippen LogP contribution in [0.2, 0.25) is 0 Å². The summed E-state index contributed by atoms with van der Waals surface area (Å²) < 4.78 is 0. The molecule has 0 saturated heterocycles. The number of benzene rings is 6. The van der Waals surface area contributed by atoms with Crippen LogP contribution in [-0.4, -0.2) is 15.0 Å². The predicted molar refractivity (Wildman–Crippen MR) is 169 cm³/mol. The fraction of sp³-hybridized carbons (Fsp3) is 0. The largest absolute Gasteiger partial charge is 0.208 e. The van der Waals surface area contributed by atoms with Gasteiger partial charge in [-0.05, 0) is 68.1 Å². The molecule has 1 aliphatic rings. The first-order chi connectivity index (χ1) is 20.3. The molecule has 0 bridgehead atoms. The topological polar surface area (TPSA) is 38.7 Å².